The Morgan fingerprint density at radius 2 is 0.426 bits per heavy atom. The van der Waals surface area contributed by atoms with Crippen LogP contribution >= 0.6 is 0 Å². The first-order valence-corrected chi connectivity index (χ1v) is 46.2. The minimum Gasteiger partial charge on any atom is -0.0654 e. The summed E-state index contributed by atoms with van der Waals surface area (Å²) in [6.07, 6.45) is 5.54. The zero-order valence-electron chi connectivity index (χ0n) is 64.5. The third-order valence-electron chi connectivity index (χ3n) is 22.0. The van der Waals surface area contributed by atoms with Crippen LogP contribution in [0.25, 0.3) is 0 Å². The number of anilines is 2. The van der Waals surface area contributed by atoms with Crippen LogP contribution in [0.15, 0.2) is 267 Å². The summed E-state index contributed by atoms with van der Waals surface area (Å²) in [5, 5.41) is 0. The summed E-state index contributed by atoms with van der Waals surface area (Å²) in [4.78, 5) is 0. The molecule has 0 aliphatic rings. The van der Waals surface area contributed by atoms with Gasteiger partial charge in [0.25, 0.3) is 0 Å². The molecule has 4 radical (unpaired) electrons. The van der Waals surface area contributed by atoms with Gasteiger partial charge < -0.3 is 0 Å². The molecule has 0 aliphatic heterocycles. The maximum absolute atomic E-state index is 8.69. The summed E-state index contributed by atoms with van der Waals surface area (Å²) >= 11 is -2.97. The number of nitrogens with zero attached hydrogens (tertiary/aromatic N) is 2. The van der Waals surface area contributed by atoms with Gasteiger partial charge in [-0.1, -0.05) is 39.5 Å². The number of unbranched alkanes of at least 4 members (excludes halogenated alkanes) is 3. The second-order valence-corrected chi connectivity index (χ2v) is 49.3. The van der Waals surface area contributed by atoms with E-state index in [4.69, 9.17) is 2.79 Å². The van der Waals surface area contributed by atoms with E-state index in [-0.39, 0.29) is 35.5 Å². The minimum absolute atomic E-state index is 0.0647. The van der Waals surface area contributed by atoms with Gasteiger partial charge in [-0.15, -0.1) is 0 Å². The molecule has 0 saturated carbocycles. The second kappa shape index (κ2) is 37.1. The molecule has 0 unspecified atom stereocenters. The van der Waals surface area contributed by atoms with E-state index >= 15 is 0 Å². The molecule has 0 spiro atoms. The molecule has 0 amide bonds. The Kier molecular flexibility index (Phi) is 28.8. The molecule has 7 heteroatoms. The van der Waals surface area contributed by atoms with E-state index in [0.29, 0.717) is 33.2 Å². The van der Waals surface area contributed by atoms with Crippen molar-refractivity contribution >= 4 is 59.8 Å². The fourth-order valence-corrected chi connectivity index (χ4v) is 48.9. The molecule has 0 aliphatic carbocycles. The van der Waals surface area contributed by atoms with Gasteiger partial charge in [0.05, 0.1) is 0 Å². The van der Waals surface area contributed by atoms with Crippen molar-refractivity contribution in [3.8, 4) is 0 Å². The van der Waals surface area contributed by atoms with Gasteiger partial charge in [-0.05, 0) is 0 Å². The van der Waals surface area contributed by atoms with E-state index in [2.05, 4.69) is 399 Å². The van der Waals surface area contributed by atoms with Crippen LogP contribution in [0.3, 0.4) is 0 Å². The van der Waals surface area contributed by atoms with Crippen LogP contribution in [-0.4, -0.2) is 48.5 Å². The molecular formula is C94H118Ge2N2OSi2. The smallest absolute Gasteiger partial charge is 0.0536 e. The van der Waals surface area contributed by atoms with E-state index in [0.717, 1.165) is 0 Å². The molecule has 0 atom stereocenters. The molecule has 0 aromatic heterocycles. The van der Waals surface area contributed by atoms with E-state index < -0.39 is 48.5 Å². The summed E-state index contributed by atoms with van der Waals surface area (Å²) in [5.74, 6) is 0.273. The Morgan fingerprint density at radius 3 is 0.564 bits per heavy atom. The van der Waals surface area contributed by atoms with Gasteiger partial charge in [0, 0.05) is 0 Å². The largest absolute Gasteiger partial charge is 0.0654 e. The Labute approximate surface area is 628 Å². The predicted molar refractivity (Wildman–Crippen MR) is 446 cm³/mol. The molecule has 101 heavy (non-hydrogen) atoms. The molecule has 0 heterocycles. The van der Waals surface area contributed by atoms with Crippen LogP contribution in [0.2, 0.25) is 33.2 Å². The summed E-state index contributed by atoms with van der Waals surface area (Å²) in [6, 6.07) is 102. The van der Waals surface area contributed by atoms with Crippen molar-refractivity contribution in [2.24, 2.45) is 0 Å². The van der Waals surface area contributed by atoms with Gasteiger partial charge in [0.2, 0.25) is 0 Å². The fourth-order valence-electron chi connectivity index (χ4n) is 17.6. The van der Waals surface area contributed by atoms with Crippen molar-refractivity contribution in [3.05, 3.63) is 345 Å². The quantitative estimate of drug-likeness (QED) is 0.0245. The first-order valence-electron chi connectivity index (χ1n) is 38.3. The van der Waals surface area contributed by atoms with E-state index in [1.807, 2.05) is 0 Å². The van der Waals surface area contributed by atoms with Crippen LogP contribution in [0.1, 0.15) is 264 Å². The Bertz CT molecular complexity index is 3380. The topological polar surface area (TPSA) is 15.7 Å². The third-order valence-corrected chi connectivity index (χ3v) is 45.0. The van der Waals surface area contributed by atoms with Crippen LogP contribution in [-0.2, 0) is 2.79 Å². The molecule has 3 nitrogen and oxygen atoms in total. The molecule has 0 bridgehead atoms. The maximum Gasteiger partial charge on any atom is -0.0536 e. The van der Waals surface area contributed by atoms with Gasteiger partial charge in [0.15, 0.2) is 0 Å². The SMILES string of the molecule is CC(C)c1cc(C(c2ccccc2)c2ccccc2)c([N]([Ge][O][Ge][N](c2c(C(c3ccccc3)c3ccccc3)cc(C(C)C)cc2C(c2ccccc2)c2ccccc2)[Si](C(C)C)(C(C)C)C(C)C)[Si](C(C)C)(C(C)C)C(C)C)c(C(c2ccccc2)c2ccccc2)c1.CCCCCC. The minimum atomic E-state index is -2.74. The summed E-state index contributed by atoms with van der Waals surface area (Å²) in [6.45, 7) is 45.0. The van der Waals surface area contributed by atoms with E-state index in [1.54, 1.807) is 0 Å². The van der Waals surface area contributed by atoms with Gasteiger partial charge in [0.1, 0.15) is 0 Å². The Hall–Kier alpha value is -6.72. The molecule has 10 aromatic carbocycles. The standard InChI is InChI=1S/C88H104Ge2N2OSi2.C6H14/c1-61(2)77-57-79(83(69-41-25-17-26-42-69)70-43-27-18-28-44-70)87(80(58-77)84(71-45-29-19-30-46-71)72-47-31-20-32-48-72)91(94(63(5)6,64(7)8)65(9)10)89-93-90-92(95(66(11)12,67(13)14)68(15)16)88-81(85(73-49-33-21-34-50-73)74-51-35-22-36-52-74)59-78(62(3)4)60-82(88)86(75-53-37-23-38-54-75)76-55-39-24-40-56-76;1-3-5-6-4-2/h17-68,83-86H,1-16H3;3-6H2,1-2H3. The van der Waals surface area contributed by atoms with Gasteiger partial charge in [-0.2, -0.15) is 0 Å². The summed E-state index contributed by atoms with van der Waals surface area (Å²) in [7, 11) is -5.48. The van der Waals surface area contributed by atoms with Crippen LogP contribution in [0, 0.1) is 0 Å². The van der Waals surface area contributed by atoms with Crippen molar-refractivity contribution < 1.29 is 2.79 Å². The molecule has 10 aromatic rings. The number of hydrogen-bond acceptors (Lipinski definition) is 3. The number of hydrogen-bond donors (Lipinski definition) is 0. The van der Waals surface area contributed by atoms with Crippen molar-refractivity contribution in [2.45, 2.75) is 219 Å². The molecule has 0 saturated heterocycles. The molecule has 10 rings (SSSR count). The predicted octanol–water partition coefficient (Wildman–Crippen LogP) is 27.0. The van der Waals surface area contributed by atoms with Gasteiger partial charge in [-0.3, -0.25) is 0 Å². The van der Waals surface area contributed by atoms with E-state index in [9.17, 15) is 0 Å². The number of benzene rings is 10. The van der Waals surface area contributed by atoms with E-state index in [1.165, 1.54) is 115 Å². The first kappa shape index (κ1) is 78.4. The zero-order chi connectivity index (χ0) is 72.4. The third kappa shape index (κ3) is 17.6. The van der Waals surface area contributed by atoms with Crippen LogP contribution in [0.5, 0.6) is 0 Å². The van der Waals surface area contributed by atoms with Crippen molar-refractivity contribution in [3.63, 3.8) is 0 Å². The second-order valence-electron chi connectivity index (χ2n) is 30.8. The number of rotatable bonds is 31. The monoisotopic (exact) mass is 1490 g/mol. The van der Waals surface area contributed by atoms with Gasteiger partial charge in [-0.25, -0.2) is 0 Å². The van der Waals surface area contributed by atoms with Crippen molar-refractivity contribution in [1.29, 1.82) is 0 Å². The summed E-state index contributed by atoms with van der Waals surface area (Å²) < 4.78 is 15.0. The normalized spacial score (nSPS) is 12.2. The average Bonchev–Trinajstić information content (AvgIpc) is 0.732. The fraction of sp³-hybridized carbons (Fsp3) is 0.362. The molecular weight excluding hydrogens is 1370 g/mol. The van der Waals surface area contributed by atoms with Crippen molar-refractivity contribution in [1.82, 2.24) is 0 Å². The average molecular weight is 1490 g/mol. The van der Waals surface area contributed by atoms with Crippen LogP contribution < -0.4 is 7.05 Å². The first-order chi connectivity index (χ1) is 48.7. The van der Waals surface area contributed by atoms with Gasteiger partial charge >= 0.3 is 594 Å². The Morgan fingerprint density at radius 1 is 0.257 bits per heavy atom. The summed E-state index contributed by atoms with van der Waals surface area (Å²) in [5.41, 5.74) is 23.8. The van der Waals surface area contributed by atoms with Crippen LogP contribution in [0.4, 0.5) is 11.4 Å². The zero-order valence-corrected chi connectivity index (χ0v) is 70.7. The molecule has 0 N–H and O–H groups in total. The maximum atomic E-state index is 8.69. The Balaban J connectivity index is 0.00000190. The molecule has 0 fully saturated rings. The van der Waals surface area contributed by atoms with Crippen molar-refractivity contribution in [2.75, 3.05) is 7.05 Å². The molecule has 526 valence electrons.